The van der Waals surface area contributed by atoms with E-state index in [9.17, 15) is 4.79 Å². The SMILES string of the molecule is CCCCC(=O)Nc1ccc(Nc2ccc(OC)c(Cl)c2)cn1. The molecule has 0 saturated carbocycles. The molecule has 6 heteroatoms. The highest BCUT2D eigenvalue weighted by Gasteiger charge is 2.04. The zero-order valence-electron chi connectivity index (χ0n) is 13.2. The Hall–Kier alpha value is -2.27. The lowest BCUT2D eigenvalue weighted by molar-refractivity contribution is -0.116. The molecule has 0 radical (unpaired) electrons. The minimum Gasteiger partial charge on any atom is -0.495 e. The minimum atomic E-state index is -0.0120. The van der Waals surface area contributed by atoms with Gasteiger partial charge in [-0.25, -0.2) is 4.98 Å². The second kappa shape index (κ2) is 8.39. The number of aromatic nitrogens is 1. The van der Waals surface area contributed by atoms with Crippen molar-refractivity contribution in [3.8, 4) is 5.75 Å². The van der Waals surface area contributed by atoms with Gasteiger partial charge in [0.25, 0.3) is 0 Å². The van der Waals surface area contributed by atoms with Crippen molar-refractivity contribution in [2.75, 3.05) is 17.7 Å². The maximum atomic E-state index is 11.7. The highest BCUT2D eigenvalue weighted by atomic mass is 35.5. The van der Waals surface area contributed by atoms with Crippen molar-refractivity contribution < 1.29 is 9.53 Å². The van der Waals surface area contributed by atoms with E-state index in [1.807, 2.05) is 12.1 Å². The number of methoxy groups -OCH3 is 1. The number of halogens is 1. The van der Waals surface area contributed by atoms with Crippen LogP contribution >= 0.6 is 11.6 Å². The molecule has 5 nitrogen and oxygen atoms in total. The van der Waals surface area contributed by atoms with Crippen LogP contribution in [0.2, 0.25) is 5.02 Å². The smallest absolute Gasteiger partial charge is 0.225 e. The van der Waals surface area contributed by atoms with Gasteiger partial charge < -0.3 is 15.4 Å². The molecule has 0 spiro atoms. The lowest BCUT2D eigenvalue weighted by Gasteiger charge is -2.09. The van der Waals surface area contributed by atoms with Gasteiger partial charge in [-0.1, -0.05) is 24.9 Å². The standard InChI is InChI=1S/C17H20ClN3O2/c1-3-4-5-17(22)21-16-9-7-13(11-19-16)20-12-6-8-15(23-2)14(18)10-12/h6-11,20H,3-5H2,1-2H3,(H,19,21,22). The number of amides is 1. The van der Waals surface area contributed by atoms with Crippen LogP contribution in [0.3, 0.4) is 0 Å². The van der Waals surface area contributed by atoms with Gasteiger partial charge in [0.05, 0.1) is 24.0 Å². The van der Waals surface area contributed by atoms with Gasteiger partial charge >= 0.3 is 0 Å². The Bertz CT molecular complexity index is 659. The fourth-order valence-electron chi connectivity index (χ4n) is 2.00. The molecule has 0 saturated heterocycles. The average molecular weight is 334 g/mol. The van der Waals surface area contributed by atoms with Gasteiger partial charge in [0.15, 0.2) is 0 Å². The second-order valence-electron chi connectivity index (χ2n) is 5.06. The zero-order valence-corrected chi connectivity index (χ0v) is 14.0. The Morgan fingerprint density at radius 3 is 2.65 bits per heavy atom. The molecule has 1 aromatic carbocycles. The van der Waals surface area contributed by atoms with Gasteiger partial charge in [0.1, 0.15) is 11.6 Å². The lowest BCUT2D eigenvalue weighted by Crippen LogP contribution is -2.12. The zero-order chi connectivity index (χ0) is 16.7. The molecule has 0 aliphatic carbocycles. The van der Waals surface area contributed by atoms with Crippen molar-refractivity contribution in [1.82, 2.24) is 4.98 Å². The first-order chi connectivity index (χ1) is 11.1. The number of anilines is 3. The summed E-state index contributed by atoms with van der Waals surface area (Å²) >= 11 is 6.09. The molecule has 1 amide bonds. The average Bonchev–Trinajstić information content (AvgIpc) is 2.55. The van der Waals surface area contributed by atoms with Crippen molar-refractivity contribution in [2.45, 2.75) is 26.2 Å². The first-order valence-electron chi connectivity index (χ1n) is 7.49. The summed E-state index contributed by atoms with van der Waals surface area (Å²) in [7, 11) is 1.58. The fourth-order valence-corrected chi connectivity index (χ4v) is 2.25. The van der Waals surface area contributed by atoms with Crippen molar-refractivity contribution >= 4 is 34.7 Å². The van der Waals surface area contributed by atoms with E-state index < -0.39 is 0 Å². The third-order valence-electron chi connectivity index (χ3n) is 3.23. The number of unbranched alkanes of at least 4 members (excludes halogenated alkanes) is 1. The third kappa shape index (κ3) is 5.14. The molecule has 0 bridgehead atoms. The summed E-state index contributed by atoms with van der Waals surface area (Å²) in [6.45, 7) is 2.05. The fraction of sp³-hybridized carbons (Fsp3) is 0.294. The first-order valence-corrected chi connectivity index (χ1v) is 7.86. The van der Waals surface area contributed by atoms with Crippen molar-refractivity contribution in [3.63, 3.8) is 0 Å². The number of rotatable bonds is 7. The van der Waals surface area contributed by atoms with Crippen LogP contribution in [0, 0.1) is 0 Å². The number of carbonyl (C=O) groups is 1. The second-order valence-corrected chi connectivity index (χ2v) is 5.47. The molecule has 0 fully saturated rings. The lowest BCUT2D eigenvalue weighted by atomic mass is 10.2. The van der Waals surface area contributed by atoms with Gasteiger partial charge in [-0.05, 0) is 36.8 Å². The predicted octanol–water partition coefficient (Wildman–Crippen LogP) is 4.62. The highest BCUT2D eigenvalue weighted by molar-refractivity contribution is 6.32. The Morgan fingerprint density at radius 2 is 2.04 bits per heavy atom. The van der Waals surface area contributed by atoms with E-state index in [1.165, 1.54) is 0 Å². The van der Waals surface area contributed by atoms with Crippen LogP contribution in [0.25, 0.3) is 0 Å². The number of pyridine rings is 1. The van der Waals surface area contributed by atoms with Crippen LogP contribution in [-0.2, 0) is 4.79 Å². The largest absolute Gasteiger partial charge is 0.495 e. The Balaban J connectivity index is 1.97. The van der Waals surface area contributed by atoms with Crippen molar-refractivity contribution in [1.29, 1.82) is 0 Å². The summed E-state index contributed by atoms with van der Waals surface area (Å²) < 4.78 is 5.12. The van der Waals surface area contributed by atoms with Gasteiger partial charge in [-0.15, -0.1) is 0 Å². The number of ether oxygens (including phenoxy) is 1. The first kappa shape index (κ1) is 17.1. The van der Waals surface area contributed by atoms with Crippen LogP contribution in [0.1, 0.15) is 26.2 Å². The highest BCUT2D eigenvalue weighted by Crippen LogP contribution is 2.28. The van der Waals surface area contributed by atoms with E-state index in [4.69, 9.17) is 16.3 Å². The molecule has 2 rings (SSSR count). The van der Waals surface area contributed by atoms with Crippen molar-refractivity contribution in [3.05, 3.63) is 41.6 Å². The molecule has 0 aliphatic rings. The third-order valence-corrected chi connectivity index (χ3v) is 3.52. The van der Waals surface area contributed by atoms with E-state index >= 15 is 0 Å². The summed E-state index contributed by atoms with van der Waals surface area (Å²) in [5, 5.41) is 6.50. The summed E-state index contributed by atoms with van der Waals surface area (Å²) in [5.74, 6) is 1.16. The molecule has 0 atom stereocenters. The molecular weight excluding hydrogens is 314 g/mol. The van der Waals surface area contributed by atoms with Crippen LogP contribution in [0.15, 0.2) is 36.5 Å². The molecule has 0 aliphatic heterocycles. The van der Waals surface area contributed by atoms with E-state index in [2.05, 4.69) is 22.5 Å². The minimum absolute atomic E-state index is 0.0120. The maximum Gasteiger partial charge on any atom is 0.225 e. The quantitative estimate of drug-likeness (QED) is 0.776. The Labute approximate surface area is 141 Å². The number of hydrogen-bond donors (Lipinski definition) is 2. The van der Waals surface area contributed by atoms with E-state index in [1.54, 1.807) is 31.5 Å². The molecule has 1 heterocycles. The summed E-state index contributed by atoms with van der Waals surface area (Å²) in [6, 6.07) is 9.05. The molecule has 2 N–H and O–H groups in total. The van der Waals surface area contributed by atoms with E-state index in [0.717, 1.165) is 24.2 Å². The van der Waals surface area contributed by atoms with Gasteiger partial charge in [0.2, 0.25) is 5.91 Å². The summed E-state index contributed by atoms with van der Waals surface area (Å²) in [4.78, 5) is 15.9. The molecule has 1 aromatic heterocycles. The normalized spacial score (nSPS) is 10.2. The van der Waals surface area contributed by atoms with Gasteiger partial charge in [-0.3, -0.25) is 4.79 Å². The van der Waals surface area contributed by atoms with E-state index in [-0.39, 0.29) is 5.91 Å². The Morgan fingerprint density at radius 1 is 1.26 bits per heavy atom. The topological polar surface area (TPSA) is 63.2 Å². The number of benzene rings is 1. The molecule has 122 valence electrons. The number of nitrogens with zero attached hydrogens (tertiary/aromatic N) is 1. The predicted molar refractivity (Wildman–Crippen MR) is 93.7 cm³/mol. The molecule has 23 heavy (non-hydrogen) atoms. The number of carbonyl (C=O) groups excluding carboxylic acids is 1. The van der Waals surface area contributed by atoms with Crippen LogP contribution < -0.4 is 15.4 Å². The molecule has 2 aromatic rings. The van der Waals surface area contributed by atoms with Gasteiger partial charge in [-0.2, -0.15) is 0 Å². The van der Waals surface area contributed by atoms with Crippen molar-refractivity contribution in [2.24, 2.45) is 0 Å². The Kier molecular flexibility index (Phi) is 6.23. The monoisotopic (exact) mass is 333 g/mol. The number of hydrogen-bond acceptors (Lipinski definition) is 4. The molecule has 0 unspecified atom stereocenters. The number of nitrogens with one attached hydrogen (secondary N) is 2. The summed E-state index contributed by atoms with van der Waals surface area (Å²) in [6.07, 6.45) is 4.05. The molecular formula is C17H20ClN3O2. The summed E-state index contributed by atoms with van der Waals surface area (Å²) in [5.41, 5.74) is 1.63. The van der Waals surface area contributed by atoms with Crippen LogP contribution in [0.5, 0.6) is 5.75 Å². The van der Waals surface area contributed by atoms with Crippen LogP contribution in [0.4, 0.5) is 17.2 Å². The van der Waals surface area contributed by atoms with Crippen LogP contribution in [-0.4, -0.2) is 18.0 Å². The van der Waals surface area contributed by atoms with E-state index in [0.29, 0.717) is 23.0 Å². The van der Waals surface area contributed by atoms with Gasteiger partial charge in [0, 0.05) is 12.1 Å². The maximum absolute atomic E-state index is 11.7.